The van der Waals surface area contributed by atoms with E-state index in [1.165, 1.54) is 6.92 Å². The van der Waals surface area contributed by atoms with Crippen molar-refractivity contribution >= 4 is 5.78 Å². The predicted octanol–water partition coefficient (Wildman–Crippen LogP) is 0.982. The van der Waals surface area contributed by atoms with Gasteiger partial charge in [0.2, 0.25) is 0 Å². The summed E-state index contributed by atoms with van der Waals surface area (Å²) in [6, 6.07) is 0. The molecule has 0 aliphatic rings. The summed E-state index contributed by atoms with van der Waals surface area (Å²) in [4.78, 5) is 10.7. The summed E-state index contributed by atoms with van der Waals surface area (Å²) in [5.41, 5.74) is 0. The number of ketones is 1. The van der Waals surface area contributed by atoms with E-state index in [9.17, 15) is 4.79 Å². The summed E-state index contributed by atoms with van der Waals surface area (Å²) >= 11 is 0. The number of Topliss-reactive ketones (excluding diaryl/α,β-unsaturated/α-hetero) is 1. The zero-order valence-corrected chi connectivity index (χ0v) is 6.22. The summed E-state index contributed by atoms with van der Waals surface area (Å²) in [5, 5.41) is 8.96. The average Bonchev–Trinajstić information content (AvgIpc) is 1.64. The predicted molar refractivity (Wildman–Crippen MR) is 36.1 cm³/mol. The molecule has 9 heavy (non-hydrogen) atoms. The van der Waals surface area contributed by atoms with Gasteiger partial charge < -0.3 is 5.11 Å². The van der Waals surface area contributed by atoms with Gasteiger partial charge in [-0.2, -0.15) is 0 Å². The molecule has 0 fully saturated rings. The SMILES string of the molecule is CC[C@@H](C(C)=O)[C@@H](C)O. The molecule has 2 nitrogen and oxygen atoms in total. The van der Waals surface area contributed by atoms with Crippen molar-refractivity contribution in [2.24, 2.45) is 5.92 Å². The Morgan fingerprint density at radius 2 is 2.11 bits per heavy atom. The Labute approximate surface area is 55.9 Å². The molecule has 1 N–H and O–H groups in total. The van der Waals surface area contributed by atoms with E-state index in [0.29, 0.717) is 0 Å². The Morgan fingerprint density at radius 1 is 1.67 bits per heavy atom. The van der Waals surface area contributed by atoms with E-state index in [1.807, 2.05) is 6.92 Å². The molecular formula is C7H14O2. The minimum atomic E-state index is -0.493. The van der Waals surface area contributed by atoms with E-state index in [-0.39, 0.29) is 11.7 Å². The Balaban J connectivity index is 3.83. The maximum atomic E-state index is 10.7. The first-order valence-corrected chi connectivity index (χ1v) is 3.28. The lowest BCUT2D eigenvalue weighted by molar-refractivity contribution is -0.123. The lowest BCUT2D eigenvalue weighted by atomic mass is 9.97. The van der Waals surface area contributed by atoms with Gasteiger partial charge in [0.1, 0.15) is 5.78 Å². The van der Waals surface area contributed by atoms with Crippen molar-refractivity contribution in [3.63, 3.8) is 0 Å². The molecule has 0 rings (SSSR count). The van der Waals surface area contributed by atoms with Crippen molar-refractivity contribution in [2.75, 3.05) is 0 Å². The largest absolute Gasteiger partial charge is 0.393 e. The van der Waals surface area contributed by atoms with Gasteiger partial charge in [-0.1, -0.05) is 6.92 Å². The van der Waals surface area contributed by atoms with Gasteiger partial charge in [-0.25, -0.2) is 0 Å². The van der Waals surface area contributed by atoms with Gasteiger partial charge in [0.25, 0.3) is 0 Å². The molecule has 0 heterocycles. The lowest BCUT2D eigenvalue weighted by Gasteiger charge is -2.13. The second-order valence-corrected chi connectivity index (χ2v) is 2.37. The molecule has 0 aliphatic heterocycles. The van der Waals surface area contributed by atoms with Crippen molar-refractivity contribution in [3.8, 4) is 0 Å². The molecule has 2 heteroatoms. The molecule has 0 aromatic heterocycles. The van der Waals surface area contributed by atoms with Crippen LogP contribution < -0.4 is 0 Å². The summed E-state index contributed by atoms with van der Waals surface area (Å²) in [6.07, 6.45) is 0.236. The molecular weight excluding hydrogens is 116 g/mol. The maximum absolute atomic E-state index is 10.7. The summed E-state index contributed by atoms with van der Waals surface area (Å²) < 4.78 is 0. The van der Waals surface area contributed by atoms with E-state index in [2.05, 4.69) is 0 Å². The van der Waals surface area contributed by atoms with Gasteiger partial charge >= 0.3 is 0 Å². The first-order chi connectivity index (χ1) is 4.09. The zero-order chi connectivity index (χ0) is 7.44. The van der Waals surface area contributed by atoms with Crippen LogP contribution >= 0.6 is 0 Å². The number of aliphatic hydroxyl groups is 1. The van der Waals surface area contributed by atoms with Crippen molar-refractivity contribution in [1.29, 1.82) is 0 Å². The number of aliphatic hydroxyl groups excluding tert-OH is 1. The van der Waals surface area contributed by atoms with Gasteiger partial charge in [-0.05, 0) is 20.3 Å². The quantitative estimate of drug-likeness (QED) is 0.618. The van der Waals surface area contributed by atoms with Crippen molar-refractivity contribution in [3.05, 3.63) is 0 Å². The highest BCUT2D eigenvalue weighted by atomic mass is 16.3. The fourth-order valence-electron chi connectivity index (χ4n) is 0.968. The van der Waals surface area contributed by atoms with E-state index in [4.69, 9.17) is 5.11 Å². The van der Waals surface area contributed by atoms with E-state index >= 15 is 0 Å². The molecule has 0 saturated carbocycles. The number of hydrogen-bond acceptors (Lipinski definition) is 2. The number of rotatable bonds is 3. The van der Waals surface area contributed by atoms with Gasteiger partial charge in [0, 0.05) is 5.92 Å². The second kappa shape index (κ2) is 3.62. The topological polar surface area (TPSA) is 37.3 Å². The molecule has 0 aliphatic carbocycles. The monoisotopic (exact) mass is 130 g/mol. The van der Waals surface area contributed by atoms with E-state index in [1.54, 1.807) is 6.92 Å². The van der Waals surface area contributed by atoms with Crippen LogP contribution in [0.3, 0.4) is 0 Å². The number of carbonyl (C=O) groups is 1. The Morgan fingerprint density at radius 3 is 2.11 bits per heavy atom. The third kappa shape index (κ3) is 2.61. The summed E-state index contributed by atoms with van der Waals surface area (Å²) in [6.45, 7) is 5.06. The van der Waals surface area contributed by atoms with Crippen LogP contribution in [0.2, 0.25) is 0 Å². The molecule has 0 saturated heterocycles. The molecule has 0 radical (unpaired) electrons. The Bertz CT molecular complexity index is 97.1. The van der Waals surface area contributed by atoms with Gasteiger partial charge in [-0.15, -0.1) is 0 Å². The molecule has 0 bridgehead atoms. The minimum absolute atomic E-state index is 0.0764. The number of hydrogen-bond donors (Lipinski definition) is 1. The van der Waals surface area contributed by atoms with Crippen molar-refractivity contribution in [1.82, 2.24) is 0 Å². The van der Waals surface area contributed by atoms with Crippen LogP contribution in [-0.4, -0.2) is 17.0 Å². The van der Waals surface area contributed by atoms with Crippen LogP contribution in [0.4, 0.5) is 0 Å². The average molecular weight is 130 g/mol. The molecule has 0 amide bonds. The molecule has 0 aromatic carbocycles. The lowest BCUT2D eigenvalue weighted by Crippen LogP contribution is -2.22. The first kappa shape index (κ1) is 8.63. The molecule has 54 valence electrons. The summed E-state index contributed by atoms with van der Waals surface area (Å²) in [5.74, 6) is -0.0856. The van der Waals surface area contributed by atoms with Gasteiger partial charge in [0.05, 0.1) is 6.10 Å². The minimum Gasteiger partial charge on any atom is -0.393 e. The second-order valence-electron chi connectivity index (χ2n) is 2.37. The highest BCUT2D eigenvalue weighted by molar-refractivity contribution is 5.78. The van der Waals surface area contributed by atoms with Gasteiger partial charge in [0.15, 0.2) is 0 Å². The number of carbonyl (C=O) groups excluding carboxylic acids is 1. The summed E-state index contributed by atoms with van der Waals surface area (Å²) in [7, 11) is 0. The maximum Gasteiger partial charge on any atom is 0.135 e. The van der Waals surface area contributed by atoms with E-state index < -0.39 is 6.10 Å². The third-order valence-electron chi connectivity index (χ3n) is 1.54. The zero-order valence-electron chi connectivity index (χ0n) is 6.22. The molecule has 0 unspecified atom stereocenters. The van der Waals surface area contributed by atoms with E-state index in [0.717, 1.165) is 6.42 Å². The smallest absolute Gasteiger partial charge is 0.135 e. The van der Waals surface area contributed by atoms with Crippen LogP contribution in [0.5, 0.6) is 0 Å². The highest BCUT2D eigenvalue weighted by Gasteiger charge is 2.16. The van der Waals surface area contributed by atoms with Crippen LogP contribution in [0.25, 0.3) is 0 Å². The normalized spacial score (nSPS) is 16.9. The fraction of sp³-hybridized carbons (Fsp3) is 0.857. The van der Waals surface area contributed by atoms with Crippen LogP contribution in [0.1, 0.15) is 27.2 Å². The van der Waals surface area contributed by atoms with Crippen LogP contribution in [-0.2, 0) is 4.79 Å². The highest BCUT2D eigenvalue weighted by Crippen LogP contribution is 2.08. The van der Waals surface area contributed by atoms with Crippen LogP contribution in [0.15, 0.2) is 0 Å². The third-order valence-corrected chi connectivity index (χ3v) is 1.54. The van der Waals surface area contributed by atoms with Gasteiger partial charge in [-0.3, -0.25) is 4.79 Å². The molecule has 0 aromatic rings. The van der Waals surface area contributed by atoms with Crippen molar-refractivity contribution in [2.45, 2.75) is 33.3 Å². The Kier molecular flexibility index (Phi) is 3.47. The standard InChI is InChI=1S/C7H14O2/c1-4-7(5(2)8)6(3)9/h5,7-8H,4H2,1-3H3/t5-,7-/m1/s1. The molecule has 0 spiro atoms. The first-order valence-electron chi connectivity index (χ1n) is 3.28. The van der Waals surface area contributed by atoms with Crippen LogP contribution in [0, 0.1) is 5.92 Å². The fourth-order valence-corrected chi connectivity index (χ4v) is 0.968. The Hall–Kier alpha value is -0.370. The van der Waals surface area contributed by atoms with Crippen molar-refractivity contribution < 1.29 is 9.90 Å². The molecule has 2 atom stereocenters.